The Balaban J connectivity index is 2.24. The first-order chi connectivity index (χ1) is 8.81. The van der Waals surface area contributed by atoms with Crippen molar-refractivity contribution in [1.82, 2.24) is 15.1 Å². The summed E-state index contributed by atoms with van der Waals surface area (Å²) in [6.07, 6.45) is 7.00. The van der Waals surface area contributed by atoms with Crippen LogP contribution < -0.4 is 10.1 Å². The van der Waals surface area contributed by atoms with Crippen molar-refractivity contribution < 1.29 is 4.74 Å². The number of hydrogen-bond donors (Lipinski definition) is 1. The molecule has 0 radical (unpaired) electrons. The molecule has 0 spiro atoms. The highest BCUT2D eigenvalue weighted by atomic mass is 16.5. The van der Waals surface area contributed by atoms with E-state index in [1.165, 1.54) is 25.0 Å². The first-order valence-corrected chi connectivity index (χ1v) is 7.14. The fraction of sp³-hybridized carbons (Fsp3) is 0.786. The Bertz CT molecular complexity index is 350. The Morgan fingerprint density at radius 1 is 1.50 bits per heavy atom. The summed E-state index contributed by atoms with van der Waals surface area (Å²) in [5.74, 6) is 1.67. The van der Waals surface area contributed by atoms with E-state index >= 15 is 0 Å². The van der Waals surface area contributed by atoms with Gasteiger partial charge in [-0.3, -0.25) is 4.68 Å². The van der Waals surface area contributed by atoms with E-state index in [9.17, 15) is 0 Å². The lowest BCUT2D eigenvalue weighted by atomic mass is 9.78. The van der Waals surface area contributed by atoms with Gasteiger partial charge in [-0.15, -0.1) is 0 Å². The van der Waals surface area contributed by atoms with Gasteiger partial charge < -0.3 is 10.1 Å². The highest BCUT2D eigenvalue weighted by Gasteiger charge is 2.32. The van der Waals surface area contributed by atoms with Gasteiger partial charge in [0.2, 0.25) is 0 Å². The van der Waals surface area contributed by atoms with Crippen LogP contribution in [0.3, 0.4) is 0 Å². The van der Waals surface area contributed by atoms with Crippen LogP contribution >= 0.6 is 0 Å². The second-order valence-electron chi connectivity index (χ2n) is 5.04. The van der Waals surface area contributed by atoms with Crippen LogP contribution in [-0.4, -0.2) is 23.4 Å². The number of nitrogens with one attached hydrogen (secondary N) is 1. The van der Waals surface area contributed by atoms with E-state index in [1.54, 1.807) is 7.11 Å². The summed E-state index contributed by atoms with van der Waals surface area (Å²) < 4.78 is 7.56. The fourth-order valence-corrected chi connectivity index (χ4v) is 2.66. The third-order valence-corrected chi connectivity index (χ3v) is 3.89. The minimum absolute atomic E-state index is 0.399. The van der Waals surface area contributed by atoms with Crippen LogP contribution in [-0.2, 0) is 6.54 Å². The van der Waals surface area contributed by atoms with Crippen LogP contribution in [0.15, 0.2) is 6.20 Å². The summed E-state index contributed by atoms with van der Waals surface area (Å²) in [4.78, 5) is 0. The van der Waals surface area contributed by atoms with Crippen LogP contribution in [0, 0.1) is 5.92 Å². The predicted molar refractivity (Wildman–Crippen MR) is 72.8 cm³/mol. The largest absolute Gasteiger partial charge is 0.493 e. The normalized spacial score (nSPS) is 17.5. The zero-order chi connectivity index (χ0) is 13.0. The van der Waals surface area contributed by atoms with Gasteiger partial charge in [0.25, 0.3) is 0 Å². The molecule has 102 valence electrons. The minimum Gasteiger partial charge on any atom is -0.493 e. The molecule has 4 nitrogen and oxygen atoms in total. The third kappa shape index (κ3) is 2.53. The lowest BCUT2D eigenvalue weighted by Crippen LogP contribution is -2.34. The molecule has 1 unspecified atom stereocenters. The van der Waals surface area contributed by atoms with Gasteiger partial charge in [-0.25, -0.2) is 0 Å². The zero-order valence-electron chi connectivity index (χ0n) is 11.8. The summed E-state index contributed by atoms with van der Waals surface area (Å²) >= 11 is 0. The van der Waals surface area contributed by atoms with E-state index in [0.29, 0.717) is 6.04 Å². The molecule has 1 atom stereocenters. The van der Waals surface area contributed by atoms with Gasteiger partial charge in [-0.1, -0.05) is 13.3 Å². The zero-order valence-corrected chi connectivity index (χ0v) is 11.8. The Labute approximate surface area is 110 Å². The molecule has 1 saturated carbocycles. The van der Waals surface area contributed by atoms with E-state index in [4.69, 9.17) is 4.74 Å². The Hall–Kier alpha value is -1.03. The molecule has 1 aromatic heterocycles. The SMILES string of the molecule is CCCNC(c1c(OC)cnn1CC)C1CCC1. The maximum atomic E-state index is 5.48. The second kappa shape index (κ2) is 6.23. The number of aryl methyl sites for hydroxylation is 1. The number of hydrogen-bond acceptors (Lipinski definition) is 3. The van der Waals surface area contributed by atoms with E-state index in [0.717, 1.165) is 31.2 Å². The molecule has 0 aromatic carbocycles. The highest BCUT2D eigenvalue weighted by Crippen LogP contribution is 2.40. The van der Waals surface area contributed by atoms with Crippen LogP contribution in [0.2, 0.25) is 0 Å². The van der Waals surface area contributed by atoms with Gasteiger partial charge in [0.05, 0.1) is 25.0 Å². The summed E-state index contributed by atoms with van der Waals surface area (Å²) in [6.45, 7) is 6.29. The molecule has 2 rings (SSSR count). The fourth-order valence-electron chi connectivity index (χ4n) is 2.66. The van der Waals surface area contributed by atoms with E-state index < -0.39 is 0 Å². The highest BCUT2D eigenvalue weighted by molar-refractivity contribution is 5.29. The van der Waals surface area contributed by atoms with Crippen molar-refractivity contribution in [3.63, 3.8) is 0 Å². The van der Waals surface area contributed by atoms with Gasteiger partial charge in [0.1, 0.15) is 0 Å². The minimum atomic E-state index is 0.399. The third-order valence-electron chi connectivity index (χ3n) is 3.89. The second-order valence-corrected chi connectivity index (χ2v) is 5.04. The number of methoxy groups -OCH3 is 1. The Morgan fingerprint density at radius 3 is 2.78 bits per heavy atom. The summed E-state index contributed by atoms with van der Waals surface area (Å²) in [7, 11) is 1.73. The van der Waals surface area contributed by atoms with Crippen molar-refractivity contribution in [1.29, 1.82) is 0 Å². The van der Waals surface area contributed by atoms with Crippen LogP contribution in [0.4, 0.5) is 0 Å². The standard InChI is InChI=1S/C14H25N3O/c1-4-9-15-13(11-7-6-8-11)14-12(18-3)10-16-17(14)5-2/h10-11,13,15H,4-9H2,1-3H3. The quantitative estimate of drug-likeness (QED) is 0.810. The average molecular weight is 251 g/mol. The summed E-state index contributed by atoms with van der Waals surface area (Å²) in [6, 6.07) is 0.399. The molecule has 1 heterocycles. The summed E-state index contributed by atoms with van der Waals surface area (Å²) in [5, 5.41) is 8.11. The van der Waals surface area contributed by atoms with Crippen molar-refractivity contribution in [3.05, 3.63) is 11.9 Å². The molecule has 0 amide bonds. The predicted octanol–water partition coefficient (Wildman–Crippen LogP) is 2.75. The topological polar surface area (TPSA) is 39.1 Å². The van der Waals surface area contributed by atoms with Gasteiger partial charge in [0, 0.05) is 6.54 Å². The van der Waals surface area contributed by atoms with Crippen molar-refractivity contribution in [2.75, 3.05) is 13.7 Å². The lowest BCUT2D eigenvalue weighted by molar-refractivity contribution is 0.218. The maximum Gasteiger partial charge on any atom is 0.161 e. The molecule has 0 aliphatic heterocycles. The molecule has 4 heteroatoms. The number of ether oxygens (including phenoxy) is 1. The number of rotatable bonds is 7. The average Bonchev–Trinajstić information content (AvgIpc) is 2.74. The first-order valence-electron chi connectivity index (χ1n) is 7.14. The Kier molecular flexibility index (Phi) is 4.64. The first kappa shape index (κ1) is 13.4. The molecular weight excluding hydrogens is 226 g/mol. The number of aromatic nitrogens is 2. The smallest absolute Gasteiger partial charge is 0.161 e. The van der Waals surface area contributed by atoms with Gasteiger partial charge >= 0.3 is 0 Å². The van der Waals surface area contributed by atoms with E-state index in [1.807, 2.05) is 6.20 Å². The molecule has 0 bridgehead atoms. The van der Waals surface area contributed by atoms with Crippen LogP contribution in [0.25, 0.3) is 0 Å². The molecule has 1 aromatic rings. The van der Waals surface area contributed by atoms with Crippen molar-refractivity contribution >= 4 is 0 Å². The van der Waals surface area contributed by atoms with Crippen molar-refractivity contribution in [3.8, 4) is 5.75 Å². The van der Waals surface area contributed by atoms with Gasteiger partial charge in [0.15, 0.2) is 5.75 Å². The van der Waals surface area contributed by atoms with Gasteiger partial charge in [-0.2, -0.15) is 5.10 Å². The molecule has 1 aliphatic carbocycles. The van der Waals surface area contributed by atoms with Crippen molar-refractivity contribution in [2.45, 2.75) is 52.1 Å². The van der Waals surface area contributed by atoms with Crippen molar-refractivity contribution in [2.24, 2.45) is 5.92 Å². The monoisotopic (exact) mass is 251 g/mol. The number of nitrogens with zero attached hydrogens (tertiary/aromatic N) is 2. The molecule has 0 saturated heterocycles. The molecule has 1 aliphatic rings. The van der Waals surface area contributed by atoms with E-state index in [2.05, 4.69) is 28.9 Å². The molecular formula is C14H25N3O. The molecule has 18 heavy (non-hydrogen) atoms. The maximum absolute atomic E-state index is 5.48. The van der Waals surface area contributed by atoms with Crippen LogP contribution in [0.1, 0.15) is 51.3 Å². The summed E-state index contributed by atoms with van der Waals surface area (Å²) in [5.41, 5.74) is 1.23. The van der Waals surface area contributed by atoms with Crippen LogP contribution in [0.5, 0.6) is 5.75 Å². The Morgan fingerprint density at radius 2 is 2.28 bits per heavy atom. The molecule has 1 N–H and O–H groups in total. The molecule has 1 fully saturated rings. The van der Waals surface area contributed by atoms with E-state index in [-0.39, 0.29) is 0 Å². The lowest BCUT2D eigenvalue weighted by Gasteiger charge is -2.35. The van der Waals surface area contributed by atoms with Gasteiger partial charge in [-0.05, 0) is 38.6 Å².